The van der Waals surface area contributed by atoms with Crippen LogP contribution in [0.1, 0.15) is 20.8 Å². The molecule has 1 aliphatic heterocycles. The molecule has 0 radical (unpaired) electrons. The Hall–Kier alpha value is -2.35. The predicted octanol–water partition coefficient (Wildman–Crippen LogP) is 5.06. The van der Waals surface area contributed by atoms with Crippen LogP contribution >= 0.6 is 27.3 Å². The van der Waals surface area contributed by atoms with Crippen molar-refractivity contribution < 1.29 is 14.3 Å². The Balaban J connectivity index is 1.28. The molecule has 0 N–H and O–H groups in total. The molecule has 1 saturated heterocycles. The van der Waals surface area contributed by atoms with E-state index in [1.807, 2.05) is 46.7 Å². The molecule has 1 fully saturated rings. The van der Waals surface area contributed by atoms with Crippen LogP contribution in [0, 0.1) is 0 Å². The lowest BCUT2D eigenvalue weighted by atomic mass is 10.2. The summed E-state index contributed by atoms with van der Waals surface area (Å²) in [6.45, 7) is 4.61. The summed E-state index contributed by atoms with van der Waals surface area (Å²) in [6, 6.07) is 17.9. The zero-order valence-corrected chi connectivity index (χ0v) is 19.8. The Morgan fingerprint density at radius 1 is 1.00 bits per heavy atom. The number of nitrogens with zero attached hydrogens (tertiary/aromatic N) is 2. The van der Waals surface area contributed by atoms with Crippen molar-refractivity contribution in [3.63, 3.8) is 0 Å². The van der Waals surface area contributed by atoms with Gasteiger partial charge in [0.05, 0.1) is 12.0 Å². The minimum atomic E-state index is 0.111. The third kappa shape index (κ3) is 5.87. The minimum Gasteiger partial charge on any atom is -0.497 e. The van der Waals surface area contributed by atoms with Crippen LogP contribution in [-0.4, -0.2) is 49.0 Å². The largest absolute Gasteiger partial charge is 0.497 e. The molecule has 7 heteroatoms. The number of methoxy groups -OCH3 is 1. The van der Waals surface area contributed by atoms with E-state index < -0.39 is 0 Å². The fourth-order valence-corrected chi connectivity index (χ4v) is 4.89. The first kappa shape index (κ1) is 21.9. The highest BCUT2D eigenvalue weighted by Crippen LogP contribution is 2.23. The zero-order valence-electron chi connectivity index (χ0n) is 17.4. The number of carbonyl (C=O) groups is 1. The first-order chi connectivity index (χ1) is 15.1. The van der Waals surface area contributed by atoms with E-state index in [9.17, 15) is 4.79 Å². The van der Waals surface area contributed by atoms with Crippen molar-refractivity contribution >= 4 is 33.2 Å². The maximum absolute atomic E-state index is 12.9. The molecule has 0 bridgehead atoms. The topological polar surface area (TPSA) is 42.0 Å². The third-order valence-electron chi connectivity index (χ3n) is 5.27. The quantitative estimate of drug-likeness (QED) is 0.454. The van der Waals surface area contributed by atoms with Gasteiger partial charge in [-0.3, -0.25) is 9.69 Å². The van der Waals surface area contributed by atoms with Crippen LogP contribution in [0.15, 0.2) is 64.5 Å². The third-order valence-corrected chi connectivity index (χ3v) is 6.73. The molecule has 3 aromatic rings. The molecule has 2 aromatic carbocycles. The summed E-state index contributed by atoms with van der Waals surface area (Å²) < 4.78 is 12.2. The Bertz CT molecular complexity index is 1030. The maximum atomic E-state index is 12.9. The van der Waals surface area contributed by atoms with Gasteiger partial charge in [-0.1, -0.05) is 34.1 Å². The van der Waals surface area contributed by atoms with Crippen LogP contribution in [0.3, 0.4) is 0 Å². The Morgan fingerprint density at radius 2 is 1.77 bits per heavy atom. The summed E-state index contributed by atoms with van der Waals surface area (Å²) in [6.07, 6.45) is 0. The first-order valence-electron chi connectivity index (χ1n) is 10.2. The molecule has 2 heterocycles. The van der Waals surface area contributed by atoms with E-state index in [4.69, 9.17) is 9.47 Å². The van der Waals surface area contributed by atoms with Gasteiger partial charge in [0.25, 0.3) is 5.91 Å². The number of carbonyl (C=O) groups excluding carboxylic acids is 1. The van der Waals surface area contributed by atoms with Crippen LogP contribution in [0.4, 0.5) is 0 Å². The Kier molecular flexibility index (Phi) is 7.27. The van der Waals surface area contributed by atoms with Crippen LogP contribution < -0.4 is 9.47 Å². The molecule has 31 heavy (non-hydrogen) atoms. The van der Waals surface area contributed by atoms with Gasteiger partial charge < -0.3 is 14.4 Å². The standard InChI is InChI=1S/C24H25BrN2O3S/c1-29-21-6-3-7-22(14-21)30-16-19-13-23(31-17-19)24(28)27-10-8-26(9-11-27)15-18-4-2-5-20(25)12-18/h2-7,12-14,17H,8-11,15-16H2,1H3. The highest BCUT2D eigenvalue weighted by atomic mass is 79.9. The molecule has 0 saturated carbocycles. The van der Waals surface area contributed by atoms with Gasteiger partial charge in [0.2, 0.25) is 0 Å². The van der Waals surface area contributed by atoms with E-state index >= 15 is 0 Å². The molecule has 0 atom stereocenters. The van der Waals surface area contributed by atoms with E-state index in [1.54, 1.807) is 7.11 Å². The molecular weight excluding hydrogens is 476 g/mol. The number of hydrogen-bond donors (Lipinski definition) is 0. The van der Waals surface area contributed by atoms with Crippen molar-refractivity contribution in [2.75, 3.05) is 33.3 Å². The van der Waals surface area contributed by atoms with Crippen molar-refractivity contribution in [2.45, 2.75) is 13.2 Å². The average Bonchev–Trinajstić information content (AvgIpc) is 3.27. The van der Waals surface area contributed by atoms with E-state index in [0.29, 0.717) is 6.61 Å². The second-order valence-electron chi connectivity index (χ2n) is 7.49. The fourth-order valence-electron chi connectivity index (χ4n) is 3.58. The first-order valence-corrected chi connectivity index (χ1v) is 11.9. The average molecular weight is 501 g/mol. The summed E-state index contributed by atoms with van der Waals surface area (Å²) in [4.78, 5) is 18.1. The molecule has 4 rings (SSSR count). The van der Waals surface area contributed by atoms with Crippen LogP contribution in [0.25, 0.3) is 0 Å². The second kappa shape index (κ2) is 10.3. The van der Waals surface area contributed by atoms with Crippen LogP contribution in [0.2, 0.25) is 0 Å². The summed E-state index contributed by atoms with van der Waals surface area (Å²) in [7, 11) is 1.64. The summed E-state index contributed by atoms with van der Waals surface area (Å²) in [5.74, 6) is 1.62. The fraction of sp³-hybridized carbons (Fsp3) is 0.292. The molecule has 0 aliphatic carbocycles. The molecule has 1 amide bonds. The van der Waals surface area contributed by atoms with E-state index in [0.717, 1.165) is 59.1 Å². The molecule has 1 aromatic heterocycles. The predicted molar refractivity (Wildman–Crippen MR) is 127 cm³/mol. The maximum Gasteiger partial charge on any atom is 0.264 e. The lowest BCUT2D eigenvalue weighted by Gasteiger charge is -2.34. The minimum absolute atomic E-state index is 0.111. The number of piperazine rings is 1. The van der Waals surface area contributed by atoms with Crippen LogP contribution in [0.5, 0.6) is 11.5 Å². The summed E-state index contributed by atoms with van der Waals surface area (Å²) in [5, 5.41) is 2.00. The van der Waals surface area contributed by atoms with Crippen molar-refractivity contribution in [2.24, 2.45) is 0 Å². The lowest BCUT2D eigenvalue weighted by Crippen LogP contribution is -2.48. The molecule has 162 valence electrons. The number of amides is 1. The molecule has 1 aliphatic rings. The smallest absolute Gasteiger partial charge is 0.264 e. The van der Waals surface area contributed by atoms with Crippen molar-refractivity contribution in [3.8, 4) is 11.5 Å². The molecule has 5 nitrogen and oxygen atoms in total. The van der Waals surface area contributed by atoms with Crippen molar-refractivity contribution in [3.05, 3.63) is 80.5 Å². The van der Waals surface area contributed by atoms with E-state index in [2.05, 4.69) is 39.0 Å². The highest BCUT2D eigenvalue weighted by Gasteiger charge is 2.23. The van der Waals surface area contributed by atoms with Gasteiger partial charge in [-0.15, -0.1) is 11.3 Å². The number of hydrogen-bond acceptors (Lipinski definition) is 5. The van der Waals surface area contributed by atoms with Crippen LogP contribution in [-0.2, 0) is 13.2 Å². The van der Waals surface area contributed by atoms with Gasteiger partial charge in [-0.2, -0.15) is 0 Å². The number of thiophene rings is 1. The summed E-state index contributed by atoms with van der Waals surface area (Å²) in [5.41, 5.74) is 2.29. The second-order valence-corrected chi connectivity index (χ2v) is 9.31. The highest BCUT2D eigenvalue weighted by molar-refractivity contribution is 9.10. The van der Waals surface area contributed by atoms with Gasteiger partial charge in [0.1, 0.15) is 18.1 Å². The number of halogens is 1. The number of ether oxygens (including phenoxy) is 2. The van der Waals surface area contributed by atoms with Crippen molar-refractivity contribution in [1.29, 1.82) is 0 Å². The zero-order chi connectivity index (χ0) is 21.6. The van der Waals surface area contributed by atoms with E-state index in [-0.39, 0.29) is 5.91 Å². The normalized spacial score (nSPS) is 14.5. The van der Waals surface area contributed by atoms with Gasteiger partial charge in [-0.05, 0) is 41.3 Å². The number of benzene rings is 2. The SMILES string of the molecule is COc1cccc(OCc2csc(C(=O)N3CCN(Cc4cccc(Br)c4)CC3)c2)c1. The molecule has 0 unspecified atom stereocenters. The van der Waals surface area contributed by atoms with Crippen molar-refractivity contribution in [1.82, 2.24) is 9.80 Å². The molecular formula is C24H25BrN2O3S. The Morgan fingerprint density at radius 3 is 2.55 bits per heavy atom. The Labute approximate surface area is 195 Å². The van der Waals surface area contributed by atoms with Gasteiger partial charge in [0.15, 0.2) is 0 Å². The van der Waals surface area contributed by atoms with Gasteiger partial charge in [0, 0.05) is 48.8 Å². The number of rotatable bonds is 7. The van der Waals surface area contributed by atoms with Gasteiger partial charge in [-0.25, -0.2) is 0 Å². The molecule has 0 spiro atoms. The summed E-state index contributed by atoms with van der Waals surface area (Å²) >= 11 is 5.01. The van der Waals surface area contributed by atoms with E-state index in [1.165, 1.54) is 16.9 Å². The monoisotopic (exact) mass is 500 g/mol. The lowest BCUT2D eigenvalue weighted by molar-refractivity contribution is 0.0633. The van der Waals surface area contributed by atoms with Gasteiger partial charge >= 0.3 is 0 Å².